The average Bonchev–Trinajstić information content (AvgIpc) is 2.70. The van der Waals surface area contributed by atoms with Crippen molar-refractivity contribution in [2.24, 2.45) is 5.73 Å². The van der Waals surface area contributed by atoms with Crippen LogP contribution in [0.4, 0.5) is 0 Å². The van der Waals surface area contributed by atoms with Crippen LogP contribution in [-0.2, 0) is 25.9 Å². The molecule has 0 spiro atoms. The van der Waals surface area contributed by atoms with Gasteiger partial charge in [-0.3, -0.25) is 4.79 Å². The van der Waals surface area contributed by atoms with E-state index in [2.05, 4.69) is 91.0 Å². The van der Waals surface area contributed by atoms with E-state index in [1.807, 2.05) is 0 Å². The van der Waals surface area contributed by atoms with Crippen LogP contribution in [0, 0.1) is 0 Å². The minimum Gasteiger partial charge on any atom is -0.480 e. The summed E-state index contributed by atoms with van der Waals surface area (Å²) in [5.74, 6) is -1.18. The summed E-state index contributed by atoms with van der Waals surface area (Å²) in [6.45, 7) is -0.505. The molecule has 0 aliphatic heterocycles. The number of aliphatic carboxylic acids is 1. The monoisotopic (exact) mass is 551 g/mol. The molecule has 0 aromatic heterocycles. The summed E-state index contributed by atoms with van der Waals surface area (Å²) in [6, 6.07) is 31.2. The third kappa shape index (κ3) is 7.36. The van der Waals surface area contributed by atoms with Crippen molar-refractivity contribution in [1.82, 2.24) is 0 Å². The Labute approximate surface area is 175 Å². The van der Waals surface area contributed by atoms with E-state index in [-0.39, 0.29) is 21.1 Å². The second kappa shape index (κ2) is 12.5. The van der Waals surface area contributed by atoms with Crippen LogP contribution in [0.3, 0.4) is 0 Å². The van der Waals surface area contributed by atoms with Crippen LogP contribution in [0.25, 0.3) is 0 Å². The van der Waals surface area contributed by atoms with Gasteiger partial charge < -0.3 is 15.9 Å². The van der Waals surface area contributed by atoms with Gasteiger partial charge in [-0.15, -0.1) is 0 Å². The minimum atomic E-state index is -1.18. The van der Waals surface area contributed by atoms with E-state index in [4.69, 9.17) is 15.9 Å². The van der Waals surface area contributed by atoms with Gasteiger partial charge >= 0.3 is 5.97 Å². The van der Waals surface area contributed by atoms with Gasteiger partial charge in [0.05, 0.1) is 6.61 Å². The van der Waals surface area contributed by atoms with Gasteiger partial charge in [0.1, 0.15) is 6.04 Å². The van der Waals surface area contributed by atoms with Crippen LogP contribution in [0.1, 0.15) is 0 Å². The third-order valence-electron chi connectivity index (χ3n) is 3.56. The molecule has 0 saturated carbocycles. The van der Waals surface area contributed by atoms with E-state index in [1.165, 1.54) is 15.9 Å². The second-order valence-electron chi connectivity index (χ2n) is 5.47. The molecule has 140 valence electrons. The number of aliphatic hydroxyl groups excluding tert-OH is 1. The number of benzene rings is 3. The first-order chi connectivity index (χ1) is 12.6. The van der Waals surface area contributed by atoms with E-state index in [9.17, 15) is 4.79 Å². The van der Waals surface area contributed by atoms with Crippen LogP contribution in [0.15, 0.2) is 91.0 Å². The van der Waals surface area contributed by atoms with Crippen molar-refractivity contribution in [2.75, 3.05) is 6.61 Å². The number of nitrogens with two attached hydrogens (primary N) is 1. The summed E-state index contributed by atoms with van der Waals surface area (Å²) >= 11 is 0. The fraction of sp³-hybridized carbons (Fsp3) is 0.0952. The molecule has 1 unspecified atom stereocenters. The smallest absolute Gasteiger partial charge is 0.322 e. The van der Waals surface area contributed by atoms with Gasteiger partial charge in [-0.05, 0) is 23.8 Å². The minimum absolute atomic E-state index is 0. The van der Waals surface area contributed by atoms with Crippen LogP contribution in [-0.4, -0.2) is 28.8 Å². The van der Waals surface area contributed by atoms with Gasteiger partial charge in [-0.25, -0.2) is 0 Å². The molecule has 0 aliphatic rings. The Balaban J connectivity index is 0.000000395. The average molecular weight is 551 g/mol. The first-order valence-corrected chi connectivity index (χ1v) is 9.52. The van der Waals surface area contributed by atoms with Crippen molar-refractivity contribution in [3.63, 3.8) is 0 Å². The molecule has 4 N–H and O–H groups in total. The molecular weight excluding hydrogens is 529 g/mol. The maximum atomic E-state index is 9.65. The Morgan fingerprint density at radius 2 is 1.07 bits per heavy atom. The van der Waals surface area contributed by atoms with Gasteiger partial charge in [0.25, 0.3) is 0 Å². The Kier molecular flexibility index (Phi) is 10.8. The van der Waals surface area contributed by atoms with E-state index < -0.39 is 26.5 Å². The number of hydrogen-bond acceptors (Lipinski definition) is 3. The van der Waals surface area contributed by atoms with E-state index >= 15 is 0 Å². The molecule has 3 aromatic rings. The number of aliphatic hydroxyl groups is 1. The summed E-state index contributed by atoms with van der Waals surface area (Å²) in [7, 11) is -0.446. The number of carbonyl (C=O) groups is 1. The number of rotatable bonds is 5. The van der Waals surface area contributed by atoms with Gasteiger partial charge in [0, 0.05) is 21.1 Å². The fourth-order valence-electron chi connectivity index (χ4n) is 2.26. The quantitative estimate of drug-likeness (QED) is 0.423. The summed E-state index contributed by atoms with van der Waals surface area (Å²) in [5.41, 5.74) is 4.77. The maximum Gasteiger partial charge on any atom is 0.322 e. The van der Waals surface area contributed by atoms with Crippen molar-refractivity contribution in [1.29, 1.82) is 0 Å². The molecule has 1 atom stereocenters. The van der Waals surface area contributed by atoms with Crippen LogP contribution in [0.2, 0.25) is 0 Å². The molecular formula is C21H22NO3PW. The maximum absolute atomic E-state index is 9.65. The summed E-state index contributed by atoms with van der Waals surface area (Å²) in [4.78, 5) is 9.65. The summed E-state index contributed by atoms with van der Waals surface area (Å²) in [5, 5.41) is 20.1. The van der Waals surface area contributed by atoms with Crippen LogP contribution in [0.5, 0.6) is 0 Å². The number of hydrogen-bond donors (Lipinski definition) is 3. The molecule has 0 fully saturated rings. The molecule has 0 heterocycles. The Morgan fingerprint density at radius 1 is 0.778 bits per heavy atom. The number of carboxylic acids is 1. The van der Waals surface area contributed by atoms with Gasteiger partial charge in [-0.2, -0.15) is 0 Å². The first-order valence-electron chi connectivity index (χ1n) is 8.18. The molecule has 27 heavy (non-hydrogen) atoms. The predicted molar refractivity (Wildman–Crippen MR) is 108 cm³/mol. The SMILES string of the molecule is NC(CO)C(=O)O.[W].c1ccc(P(c2ccccc2)c2ccccc2)cc1. The van der Waals surface area contributed by atoms with Crippen molar-refractivity contribution in [3.8, 4) is 0 Å². The predicted octanol–water partition coefficient (Wildman–Crippen LogP) is 1.83. The standard InChI is InChI=1S/C18H15P.C3H7NO3.W/c1-4-10-16(11-5-1)19(17-12-6-2-7-13-17)18-14-8-3-9-15-18;4-2(1-5)3(6)7;/h1-15H;2,5H,1,4H2,(H,6,7);. The topological polar surface area (TPSA) is 83.5 Å². The van der Waals surface area contributed by atoms with Gasteiger partial charge in [0.2, 0.25) is 0 Å². The van der Waals surface area contributed by atoms with E-state index in [1.54, 1.807) is 0 Å². The Morgan fingerprint density at radius 3 is 1.26 bits per heavy atom. The second-order valence-corrected chi connectivity index (χ2v) is 7.69. The Bertz CT molecular complexity index is 694. The molecule has 3 rings (SSSR count). The molecule has 0 bridgehead atoms. The molecule has 6 heteroatoms. The molecule has 3 aromatic carbocycles. The third-order valence-corrected chi connectivity index (χ3v) is 6.00. The zero-order valence-corrected chi connectivity index (χ0v) is 18.5. The normalized spacial score (nSPS) is 10.9. The van der Waals surface area contributed by atoms with Crippen molar-refractivity contribution in [2.45, 2.75) is 6.04 Å². The van der Waals surface area contributed by atoms with Gasteiger partial charge in [0.15, 0.2) is 0 Å². The summed E-state index contributed by atoms with van der Waals surface area (Å²) < 4.78 is 0. The van der Waals surface area contributed by atoms with Crippen molar-refractivity contribution in [3.05, 3.63) is 91.0 Å². The zero-order chi connectivity index (χ0) is 18.8. The molecule has 0 saturated heterocycles. The van der Waals surface area contributed by atoms with E-state index in [0.29, 0.717) is 0 Å². The largest absolute Gasteiger partial charge is 0.480 e. The molecule has 0 radical (unpaired) electrons. The van der Waals surface area contributed by atoms with Crippen LogP contribution < -0.4 is 21.6 Å². The first kappa shape index (κ1) is 23.2. The fourth-order valence-corrected chi connectivity index (χ4v) is 4.56. The molecule has 0 amide bonds. The van der Waals surface area contributed by atoms with Crippen LogP contribution >= 0.6 is 7.92 Å². The summed E-state index contributed by atoms with van der Waals surface area (Å²) in [6.07, 6.45) is 0. The van der Waals surface area contributed by atoms with Gasteiger partial charge in [-0.1, -0.05) is 91.0 Å². The molecule has 0 aliphatic carbocycles. The number of carboxylic acid groups (broad SMARTS) is 1. The van der Waals surface area contributed by atoms with E-state index in [0.717, 1.165) is 0 Å². The zero-order valence-electron chi connectivity index (χ0n) is 14.7. The van der Waals surface area contributed by atoms with Crippen molar-refractivity contribution >= 4 is 29.8 Å². The Hall–Kier alpha value is -1.83. The van der Waals surface area contributed by atoms with Crippen molar-refractivity contribution < 1.29 is 36.1 Å². The molecule has 4 nitrogen and oxygen atoms in total.